The van der Waals surface area contributed by atoms with Crippen LogP contribution in [0.15, 0.2) is 103 Å². The zero-order valence-electron chi connectivity index (χ0n) is 37.5. The second-order valence-electron chi connectivity index (χ2n) is 16.5. The van der Waals surface area contributed by atoms with Crippen LogP contribution in [-0.2, 0) is 42.8 Å². The number of guanidine groups is 1. The number of carbonyl (C=O) groups is 2. The summed E-state index contributed by atoms with van der Waals surface area (Å²) >= 11 is 1.99. The van der Waals surface area contributed by atoms with Gasteiger partial charge in [0.1, 0.15) is 9.90 Å². The molecule has 378 valence electrons. The predicted molar refractivity (Wildman–Crippen MR) is 265 cm³/mol. The fraction of sp³-hybridized carbons (Fsp3) is 0.326. The first-order valence-electron chi connectivity index (χ1n) is 21.8. The first-order valence-corrected chi connectivity index (χ1v) is 28.0. The third-order valence-corrected chi connectivity index (χ3v) is 19.6. The van der Waals surface area contributed by atoms with Crippen LogP contribution in [-0.4, -0.2) is 117 Å². The molecule has 3 aromatic carbocycles. The Morgan fingerprint density at radius 1 is 0.817 bits per heavy atom. The van der Waals surface area contributed by atoms with E-state index in [4.69, 9.17) is 16.6 Å². The number of nitrogens with one attached hydrogen (secondary N) is 3. The number of nitro benzene ring substituents is 2. The highest BCUT2D eigenvalue weighted by Crippen LogP contribution is 2.33. The van der Waals surface area contributed by atoms with Crippen LogP contribution in [0.5, 0.6) is 0 Å². The van der Waals surface area contributed by atoms with Crippen LogP contribution < -0.4 is 27.4 Å². The van der Waals surface area contributed by atoms with Gasteiger partial charge in [0.15, 0.2) is 15.8 Å². The SMILES string of the molecule is NC(N)=NC1CCCN(S(=O)(=O)c2csc(Cc3cc(C(=O)Nc4c(C(=O)NCc5ccc(S(=O)(=O)N6CCC(Nc7cccc(S(=O)(=O)CCO)c7)CC6)s5)cccc4[N+](=O)[O-])cc([N+](=O)[O-])c3)c2)C1. The highest BCUT2D eigenvalue weighted by Gasteiger charge is 2.33. The molecule has 5 aromatic rings. The summed E-state index contributed by atoms with van der Waals surface area (Å²) in [5.74, 6) is -2.46. The van der Waals surface area contributed by atoms with E-state index in [1.807, 2.05) is 0 Å². The van der Waals surface area contributed by atoms with Crippen molar-refractivity contribution in [3.63, 3.8) is 0 Å². The average molecular weight is 1070 g/mol. The number of benzene rings is 3. The van der Waals surface area contributed by atoms with Crippen molar-refractivity contribution in [3.8, 4) is 0 Å². The molecule has 2 amide bonds. The van der Waals surface area contributed by atoms with Crippen LogP contribution in [0.4, 0.5) is 22.7 Å². The Kier molecular flexibility index (Phi) is 16.2. The number of piperidine rings is 2. The number of nitrogens with zero attached hydrogens (tertiary/aromatic N) is 5. The number of sulfone groups is 1. The summed E-state index contributed by atoms with van der Waals surface area (Å²) in [4.78, 5) is 55.3. The predicted octanol–water partition coefficient (Wildman–Crippen LogP) is 3.86. The highest BCUT2D eigenvalue weighted by atomic mass is 32.2. The lowest BCUT2D eigenvalue weighted by Gasteiger charge is -2.31. The molecule has 4 heterocycles. The van der Waals surface area contributed by atoms with E-state index >= 15 is 0 Å². The smallest absolute Gasteiger partial charge is 0.293 e. The van der Waals surface area contributed by atoms with Crippen LogP contribution in [0.1, 0.15) is 61.7 Å². The van der Waals surface area contributed by atoms with Gasteiger partial charge in [-0.3, -0.25) is 29.8 Å². The van der Waals surface area contributed by atoms with Crippen molar-refractivity contribution >= 4 is 93.1 Å². The van der Waals surface area contributed by atoms with Gasteiger partial charge >= 0.3 is 0 Å². The van der Waals surface area contributed by atoms with Crippen molar-refractivity contribution < 1.29 is 49.8 Å². The van der Waals surface area contributed by atoms with Gasteiger partial charge in [-0.15, -0.1) is 22.7 Å². The maximum Gasteiger partial charge on any atom is 0.293 e. The van der Waals surface area contributed by atoms with E-state index in [0.29, 0.717) is 41.1 Å². The molecule has 2 aromatic heterocycles. The normalized spacial score (nSPS) is 16.2. The molecule has 2 saturated heterocycles. The van der Waals surface area contributed by atoms with Gasteiger partial charge in [-0.2, -0.15) is 8.61 Å². The van der Waals surface area contributed by atoms with Gasteiger partial charge in [-0.1, -0.05) is 12.1 Å². The zero-order chi connectivity index (χ0) is 51.3. The van der Waals surface area contributed by atoms with Gasteiger partial charge in [0.25, 0.3) is 33.2 Å². The van der Waals surface area contributed by atoms with Gasteiger partial charge in [-0.05, 0) is 79.8 Å². The number of aliphatic hydroxyl groups excluding tert-OH is 1. The van der Waals surface area contributed by atoms with Crippen molar-refractivity contribution in [3.05, 3.63) is 131 Å². The molecule has 28 heteroatoms. The summed E-state index contributed by atoms with van der Waals surface area (Å²) in [5, 5.41) is 43.1. The number of nitro groups is 2. The number of nitrogens with two attached hydrogens (primary N) is 2. The molecule has 0 aliphatic carbocycles. The minimum absolute atomic E-state index is 0.00130. The van der Waals surface area contributed by atoms with Gasteiger partial charge < -0.3 is 32.5 Å². The molecule has 2 aliphatic rings. The summed E-state index contributed by atoms with van der Waals surface area (Å²) in [6.07, 6.45) is 1.95. The maximum atomic E-state index is 13.8. The number of amides is 2. The number of para-hydroxylation sites is 1. The Bertz CT molecular complexity index is 3220. The quantitative estimate of drug-likeness (QED) is 0.0296. The van der Waals surface area contributed by atoms with E-state index in [1.54, 1.807) is 12.1 Å². The van der Waals surface area contributed by atoms with E-state index in [9.17, 15) is 55.1 Å². The van der Waals surface area contributed by atoms with Gasteiger partial charge in [0.2, 0.25) is 10.0 Å². The first kappa shape index (κ1) is 52.4. The summed E-state index contributed by atoms with van der Waals surface area (Å²) < 4.78 is 81.9. The molecule has 0 saturated carbocycles. The zero-order valence-corrected chi connectivity index (χ0v) is 41.6. The van der Waals surface area contributed by atoms with Crippen molar-refractivity contribution in [2.45, 2.75) is 64.7 Å². The molecule has 2 fully saturated rings. The third-order valence-electron chi connectivity index (χ3n) is 11.5. The van der Waals surface area contributed by atoms with E-state index in [-0.39, 0.29) is 81.8 Å². The van der Waals surface area contributed by atoms with Gasteiger partial charge in [-0.25, -0.2) is 30.2 Å². The summed E-state index contributed by atoms with van der Waals surface area (Å²) in [6.45, 7) is -0.0580. The number of thiophene rings is 2. The maximum absolute atomic E-state index is 13.8. The number of hydrogen-bond donors (Lipinski definition) is 6. The molecular weight excluding hydrogens is 1020 g/mol. The number of anilines is 2. The number of rotatable bonds is 19. The molecule has 1 unspecified atom stereocenters. The number of aliphatic imine (C=N–C) groups is 1. The average Bonchev–Trinajstić information content (AvgIpc) is 4.02. The van der Waals surface area contributed by atoms with Gasteiger partial charge in [0, 0.05) is 83.2 Å². The molecule has 7 rings (SSSR count). The lowest BCUT2D eigenvalue weighted by atomic mass is 10.0. The Morgan fingerprint density at radius 2 is 1.56 bits per heavy atom. The Balaban J connectivity index is 1.00. The molecule has 8 N–H and O–H groups in total. The van der Waals surface area contributed by atoms with Crippen LogP contribution in [0.3, 0.4) is 0 Å². The number of aliphatic hydroxyl groups is 1. The van der Waals surface area contributed by atoms with E-state index in [0.717, 1.165) is 34.8 Å². The largest absolute Gasteiger partial charge is 0.395 e. The number of sulfonamides is 2. The Morgan fingerprint density at radius 3 is 2.27 bits per heavy atom. The molecule has 23 nitrogen and oxygen atoms in total. The van der Waals surface area contributed by atoms with Crippen LogP contribution in [0.2, 0.25) is 0 Å². The summed E-state index contributed by atoms with van der Waals surface area (Å²) in [5.41, 5.74) is 9.52. The van der Waals surface area contributed by atoms with E-state index in [2.05, 4.69) is 20.9 Å². The van der Waals surface area contributed by atoms with Crippen molar-refractivity contribution in [1.29, 1.82) is 0 Å². The van der Waals surface area contributed by atoms with E-state index in [1.165, 1.54) is 68.6 Å². The molecule has 0 radical (unpaired) electrons. The molecule has 1 atom stereocenters. The molecule has 0 bridgehead atoms. The lowest BCUT2D eigenvalue weighted by Crippen LogP contribution is -2.42. The van der Waals surface area contributed by atoms with E-state index < -0.39 is 87.0 Å². The molecule has 0 spiro atoms. The molecular formula is C43H48N10O13S5. The number of hydrogen-bond acceptors (Lipinski definition) is 17. The van der Waals surface area contributed by atoms with Crippen molar-refractivity contribution in [2.24, 2.45) is 16.5 Å². The monoisotopic (exact) mass is 1070 g/mol. The van der Waals surface area contributed by atoms with Crippen molar-refractivity contribution in [1.82, 2.24) is 13.9 Å². The second kappa shape index (κ2) is 21.9. The number of carbonyl (C=O) groups excluding carboxylic acids is 2. The van der Waals surface area contributed by atoms with Crippen LogP contribution in [0.25, 0.3) is 0 Å². The van der Waals surface area contributed by atoms with Crippen molar-refractivity contribution in [2.75, 3.05) is 49.2 Å². The minimum Gasteiger partial charge on any atom is -0.395 e. The number of non-ortho nitro benzene ring substituents is 1. The minimum atomic E-state index is -3.96. The Labute approximate surface area is 415 Å². The highest BCUT2D eigenvalue weighted by molar-refractivity contribution is 7.91. The second-order valence-corrected chi connectivity index (χ2v) is 24.9. The fourth-order valence-electron chi connectivity index (χ4n) is 8.08. The van der Waals surface area contributed by atoms with Crippen LogP contribution >= 0.6 is 22.7 Å². The lowest BCUT2D eigenvalue weighted by molar-refractivity contribution is -0.384. The fourth-order valence-corrected chi connectivity index (χ4v) is 14.9. The third kappa shape index (κ3) is 12.6. The topological polar surface area (TPSA) is 350 Å². The summed E-state index contributed by atoms with van der Waals surface area (Å²) in [6, 6.07) is 17.0. The first-order chi connectivity index (χ1) is 33.6. The summed E-state index contributed by atoms with van der Waals surface area (Å²) in [7, 11) is -11.6. The van der Waals surface area contributed by atoms with Crippen LogP contribution in [0, 0.1) is 20.2 Å². The Hall–Kier alpha value is -6.40. The van der Waals surface area contributed by atoms with Gasteiger partial charge in [0.05, 0.1) is 50.1 Å². The molecule has 2 aliphatic heterocycles. The standard InChI is InChI=1S/C43H48N10O13S5/c44-43(45)48-31-5-3-13-51(25-31)70(63,64)36-23-34(67-26-36)20-27-18-28(21-32(19-27)52(57)58)41(55)49-40-37(7-2-8-38(40)53(59)60)42(56)46-24-33-9-10-39(68-33)71(65,66)50-14-11-29(12-15-50)47-30-4-1-6-35(22-30)69(61,62)17-16-54/h1-2,4,6-10,18-19,21-23,26,29,31,47,54H,3,5,11-17,20,24-25H2,(H,46,56)(H,49,55)(H4,44,45,48). The molecule has 71 heavy (non-hydrogen) atoms.